The van der Waals surface area contributed by atoms with E-state index in [4.69, 9.17) is 14.2 Å². The number of rotatable bonds is 3. The molecule has 3 rings (SSSR count). The van der Waals surface area contributed by atoms with Crippen molar-refractivity contribution in [3.63, 3.8) is 0 Å². The Hall–Kier alpha value is -0.160. The molecule has 0 radical (unpaired) electrons. The normalized spacial score (nSPS) is 36.5. The van der Waals surface area contributed by atoms with Crippen LogP contribution in [-0.2, 0) is 14.2 Å². The van der Waals surface area contributed by atoms with Crippen LogP contribution in [0, 0.1) is 5.92 Å². The summed E-state index contributed by atoms with van der Waals surface area (Å²) in [5.74, 6) is 0.236. The molecular weight excluding hydrogens is 232 g/mol. The second kappa shape index (κ2) is 5.45. The molecule has 2 atom stereocenters. The molecule has 1 saturated heterocycles. The number of aliphatic hydroxyl groups is 1. The third-order valence-electron chi connectivity index (χ3n) is 4.60. The van der Waals surface area contributed by atoms with Crippen LogP contribution in [0.2, 0.25) is 0 Å². The fourth-order valence-corrected chi connectivity index (χ4v) is 3.46. The van der Waals surface area contributed by atoms with Crippen molar-refractivity contribution < 1.29 is 19.3 Å². The monoisotopic (exact) mass is 256 g/mol. The van der Waals surface area contributed by atoms with Gasteiger partial charge in [0, 0.05) is 19.4 Å². The minimum absolute atomic E-state index is 0.113. The summed E-state index contributed by atoms with van der Waals surface area (Å²) in [6.07, 6.45) is 6.94. The van der Waals surface area contributed by atoms with Gasteiger partial charge in [0.25, 0.3) is 0 Å². The smallest absolute Gasteiger partial charge is 0.171 e. The predicted octanol–water partition coefficient (Wildman–Crippen LogP) is 1.85. The lowest BCUT2D eigenvalue weighted by Gasteiger charge is -2.39. The first kappa shape index (κ1) is 12.9. The lowest BCUT2D eigenvalue weighted by molar-refractivity contribution is -0.223. The van der Waals surface area contributed by atoms with Crippen molar-refractivity contribution in [3.05, 3.63) is 0 Å². The molecular formula is C14H24O4. The molecule has 104 valence electrons. The largest absolute Gasteiger partial charge is 0.390 e. The van der Waals surface area contributed by atoms with Gasteiger partial charge in [0.05, 0.1) is 25.4 Å². The quantitative estimate of drug-likeness (QED) is 0.837. The number of ether oxygens (including phenoxy) is 3. The Kier molecular flexibility index (Phi) is 3.89. The van der Waals surface area contributed by atoms with E-state index in [0.29, 0.717) is 25.6 Å². The van der Waals surface area contributed by atoms with Gasteiger partial charge in [-0.1, -0.05) is 12.8 Å². The first-order chi connectivity index (χ1) is 8.77. The second-order valence-corrected chi connectivity index (χ2v) is 5.94. The van der Waals surface area contributed by atoms with Crippen molar-refractivity contribution >= 4 is 0 Å². The summed E-state index contributed by atoms with van der Waals surface area (Å²) in [6, 6.07) is 0. The van der Waals surface area contributed by atoms with E-state index < -0.39 is 5.79 Å². The van der Waals surface area contributed by atoms with Crippen molar-refractivity contribution in [1.29, 1.82) is 0 Å². The molecule has 0 amide bonds. The Morgan fingerprint density at radius 2 is 1.83 bits per heavy atom. The minimum Gasteiger partial charge on any atom is -0.390 e. The van der Waals surface area contributed by atoms with E-state index in [2.05, 4.69) is 0 Å². The highest BCUT2D eigenvalue weighted by Crippen LogP contribution is 2.37. The molecule has 4 nitrogen and oxygen atoms in total. The van der Waals surface area contributed by atoms with Crippen LogP contribution < -0.4 is 0 Å². The van der Waals surface area contributed by atoms with Crippen LogP contribution in [0.5, 0.6) is 0 Å². The van der Waals surface area contributed by atoms with E-state index in [1.54, 1.807) is 0 Å². The molecule has 1 N–H and O–H groups in total. The Morgan fingerprint density at radius 1 is 1.11 bits per heavy atom. The van der Waals surface area contributed by atoms with Crippen molar-refractivity contribution in [3.8, 4) is 0 Å². The average Bonchev–Trinajstić information content (AvgIpc) is 3.03. The average molecular weight is 256 g/mol. The maximum atomic E-state index is 10.1. The van der Waals surface area contributed by atoms with Gasteiger partial charge < -0.3 is 19.3 Å². The molecule has 1 spiro atoms. The number of hydrogen-bond acceptors (Lipinski definition) is 4. The molecule has 0 aromatic heterocycles. The fourth-order valence-electron chi connectivity index (χ4n) is 3.46. The third-order valence-corrected chi connectivity index (χ3v) is 4.60. The van der Waals surface area contributed by atoms with E-state index in [9.17, 15) is 5.11 Å². The number of hydrogen-bond donors (Lipinski definition) is 1. The van der Waals surface area contributed by atoms with Crippen molar-refractivity contribution in [2.75, 3.05) is 19.8 Å². The van der Waals surface area contributed by atoms with E-state index in [-0.39, 0.29) is 12.2 Å². The molecule has 3 aliphatic rings. The lowest BCUT2D eigenvalue weighted by atomic mass is 9.89. The van der Waals surface area contributed by atoms with Crippen LogP contribution in [0.4, 0.5) is 0 Å². The molecule has 3 fully saturated rings. The summed E-state index contributed by atoms with van der Waals surface area (Å²) >= 11 is 0. The van der Waals surface area contributed by atoms with Crippen molar-refractivity contribution in [2.24, 2.45) is 5.92 Å². The van der Waals surface area contributed by atoms with Crippen LogP contribution in [0.25, 0.3) is 0 Å². The summed E-state index contributed by atoms with van der Waals surface area (Å²) in [5, 5.41) is 10.1. The fraction of sp³-hybridized carbons (Fsp3) is 1.00. The summed E-state index contributed by atoms with van der Waals surface area (Å²) in [6.45, 7) is 2.13. The summed E-state index contributed by atoms with van der Waals surface area (Å²) < 4.78 is 17.4. The van der Waals surface area contributed by atoms with Crippen LogP contribution in [0.15, 0.2) is 0 Å². The maximum absolute atomic E-state index is 10.1. The highest BCUT2D eigenvalue weighted by Gasteiger charge is 2.45. The summed E-state index contributed by atoms with van der Waals surface area (Å²) in [5.41, 5.74) is 0. The Morgan fingerprint density at radius 3 is 2.56 bits per heavy atom. The Bertz CT molecular complexity index is 269. The molecule has 4 heteroatoms. The van der Waals surface area contributed by atoms with Gasteiger partial charge >= 0.3 is 0 Å². The third kappa shape index (κ3) is 2.72. The van der Waals surface area contributed by atoms with Gasteiger partial charge in [-0.05, 0) is 25.2 Å². The second-order valence-electron chi connectivity index (χ2n) is 5.94. The van der Waals surface area contributed by atoms with Gasteiger partial charge in [-0.25, -0.2) is 0 Å². The zero-order valence-corrected chi connectivity index (χ0v) is 11.0. The lowest BCUT2D eigenvalue weighted by Crippen LogP contribution is -2.46. The molecule has 1 heterocycles. The topological polar surface area (TPSA) is 47.9 Å². The molecule has 0 bridgehead atoms. The highest BCUT2D eigenvalue weighted by atomic mass is 16.7. The molecule has 2 aliphatic carbocycles. The zero-order valence-electron chi connectivity index (χ0n) is 11.0. The SMILES string of the molecule is OC1CCC2(CC1OCC1CCCC1)OCCO2. The van der Waals surface area contributed by atoms with Crippen molar-refractivity contribution in [2.45, 2.75) is 62.9 Å². The molecule has 18 heavy (non-hydrogen) atoms. The molecule has 0 aromatic carbocycles. The van der Waals surface area contributed by atoms with Crippen LogP contribution in [0.3, 0.4) is 0 Å². The summed E-state index contributed by atoms with van der Waals surface area (Å²) in [4.78, 5) is 0. The Balaban J connectivity index is 1.52. The molecule has 0 aromatic rings. The van der Waals surface area contributed by atoms with E-state index >= 15 is 0 Å². The number of aliphatic hydroxyl groups excluding tert-OH is 1. The zero-order chi connectivity index (χ0) is 12.4. The Labute approximate surface area is 109 Å². The standard InChI is InChI=1S/C14H24O4/c15-12-5-6-14(17-7-8-18-14)9-13(12)16-10-11-3-1-2-4-11/h11-13,15H,1-10H2. The predicted molar refractivity (Wildman–Crippen MR) is 66.2 cm³/mol. The van der Waals surface area contributed by atoms with Gasteiger partial charge in [-0.3, -0.25) is 0 Å². The molecule has 2 saturated carbocycles. The van der Waals surface area contributed by atoms with Gasteiger partial charge in [0.15, 0.2) is 5.79 Å². The van der Waals surface area contributed by atoms with Crippen molar-refractivity contribution in [1.82, 2.24) is 0 Å². The van der Waals surface area contributed by atoms with Crippen LogP contribution in [-0.4, -0.2) is 42.9 Å². The van der Waals surface area contributed by atoms with Gasteiger partial charge in [0.2, 0.25) is 0 Å². The minimum atomic E-state index is -0.459. The maximum Gasteiger partial charge on any atom is 0.171 e. The first-order valence-electron chi connectivity index (χ1n) is 7.35. The van der Waals surface area contributed by atoms with E-state index in [1.165, 1.54) is 25.7 Å². The molecule has 1 aliphatic heterocycles. The van der Waals surface area contributed by atoms with Gasteiger partial charge in [-0.2, -0.15) is 0 Å². The van der Waals surface area contributed by atoms with E-state index in [0.717, 1.165) is 19.4 Å². The van der Waals surface area contributed by atoms with E-state index in [1.807, 2.05) is 0 Å². The highest BCUT2D eigenvalue weighted by molar-refractivity contribution is 4.89. The summed E-state index contributed by atoms with van der Waals surface area (Å²) in [7, 11) is 0. The van der Waals surface area contributed by atoms with Crippen LogP contribution in [0.1, 0.15) is 44.9 Å². The van der Waals surface area contributed by atoms with Crippen LogP contribution >= 0.6 is 0 Å². The first-order valence-corrected chi connectivity index (χ1v) is 7.35. The van der Waals surface area contributed by atoms with Gasteiger partial charge in [0.1, 0.15) is 0 Å². The molecule has 2 unspecified atom stereocenters. The van der Waals surface area contributed by atoms with Gasteiger partial charge in [-0.15, -0.1) is 0 Å².